The Morgan fingerprint density at radius 1 is 1.14 bits per heavy atom. The molecule has 1 atom stereocenters. The lowest BCUT2D eigenvalue weighted by Gasteiger charge is -2.28. The predicted octanol–water partition coefficient (Wildman–Crippen LogP) is 4.86. The van der Waals surface area contributed by atoms with E-state index in [0.717, 1.165) is 22.0 Å². The summed E-state index contributed by atoms with van der Waals surface area (Å²) in [6.07, 6.45) is 0.902. The molecule has 0 aliphatic rings. The summed E-state index contributed by atoms with van der Waals surface area (Å²) in [6, 6.07) is 10.2. The molecule has 0 aromatic heterocycles. The van der Waals surface area contributed by atoms with Crippen molar-refractivity contribution in [3.05, 3.63) is 62.0 Å². The quantitative estimate of drug-likeness (QED) is 0.561. The molecule has 0 fully saturated rings. The first kappa shape index (κ1) is 23.5. The smallest absolute Gasteiger partial charge is 0.261 e. The van der Waals surface area contributed by atoms with Gasteiger partial charge < -0.3 is 15.0 Å². The molecule has 0 spiro atoms. The third-order valence-electron chi connectivity index (χ3n) is 4.51. The largest absolute Gasteiger partial charge is 0.483 e. The summed E-state index contributed by atoms with van der Waals surface area (Å²) in [5, 5.41) is 3.39. The van der Waals surface area contributed by atoms with Crippen LogP contribution in [0.2, 0.25) is 10.0 Å². The third-order valence-corrected chi connectivity index (χ3v) is 5.87. The summed E-state index contributed by atoms with van der Waals surface area (Å²) in [6.45, 7) is 3.73. The molecular formula is C21H23BrCl2N2O3. The maximum atomic E-state index is 12.9. The molecular weight excluding hydrogens is 479 g/mol. The molecule has 0 aliphatic heterocycles. The van der Waals surface area contributed by atoms with Gasteiger partial charge in [-0.05, 0) is 64.7 Å². The Labute approximate surface area is 189 Å². The molecule has 8 heteroatoms. The zero-order valence-electron chi connectivity index (χ0n) is 16.5. The topological polar surface area (TPSA) is 58.6 Å². The Hall–Kier alpha value is -1.76. The Bertz CT molecular complexity index is 892. The van der Waals surface area contributed by atoms with Crippen LogP contribution >= 0.6 is 39.1 Å². The number of hydrogen-bond acceptors (Lipinski definition) is 3. The van der Waals surface area contributed by atoms with Gasteiger partial charge in [0.1, 0.15) is 11.8 Å². The van der Waals surface area contributed by atoms with Crippen LogP contribution in [0.4, 0.5) is 0 Å². The first-order chi connectivity index (χ1) is 13.8. The zero-order valence-corrected chi connectivity index (χ0v) is 19.6. The molecule has 29 heavy (non-hydrogen) atoms. The van der Waals surface area contributed by atoms with Crippen LogP contribution in [-0.2, 0) is 22.6 Å². The Morgan fingerprint density at radius 3 is 2.41 bits per heavy atom. The molecule has 0 saturated carbocycles. The van der Waals surface area contributed by atoms with Gasteiger partial charge in [0, 0.05) is 13.6 Å². The standard InChI is InChI=1S/C21H23BrCl2N2O3/c1-4-14-6-8-19(16(22)9-14)29-12-20(27)26(13(2)21(28)25-3)11-15-5-7-17(23)18(24)10-15/h5-10,13H,4,11-12H2,1-3H3,(H,25,28)/t13-/m0/s1. The molecule has 2 aromatic rings. The van der Waals surface area contributed by atoms with Crippen molar-refractivity contribution < 1.29 is 14.3 Å². The first-order valence-corrected chi connectivity index (χ1v) is 10.7. The molecule has 0 radical (unpaired) electrons. The fourth-order valence-electron chi connectivity index (χ4n) is 2.73. The molecule has 2 rings (SSSR count). The summed E-state index contributed by atoms with van der Waals surface area (Å²) >= 11 is 15.5. The number of carbonyl (C=O) groups is 2. The maximum Gasteiger partial charge on any atom is 0.261 e. The predicted molar refractivity (Wildman–Crippen MR) is 120 cm³/mol. The number of benzene rings is 2. The van der Waals surface area contributed by atoms with Gasteiger partial charge in [-0.3, -0.25) is 9.59 Å². The second-order valence-electron chi connectivity index (χ2n) is 6.47. The van der Waals surface area contributed by atoms with Gasteiger partial charge in [-0.1, -0.05) is 42.3 Å². The molecule has 0 bridgehead atoms. The fourth-order valence-corrected chi connectivity index (χ4v) is 3.59. The van der Waals surface area contributed by atoms with Crippen LogP contribution in [0.1, 0.15) is 25.0 Å². The SMILES string of the molecule is CCc1ccc(OCC(=O)N(Cc2ccc(Cl)c(Cl)c2)[C@@H](C)C(=O)NC)c(Br)c1. The number of nitrogens with zero attached hydrogens (tertiary/aromatic N) is 1. The normalized spacial score (nSPS) is 11.7. The van der Waals surface area contributed by atoms with E-state index in [0.29, 0.717) is 15.8 Å². The summed E-state index contributed by atoms with van der Waals surface area (Å²) in [5.74, 6) is -0.0248. The van der Waals surface area contributed by atoms with E-state index >= 15 is 0 Å². The van der Waals surface area contributed by atoms with E-state index in [-0.39, 0.29) is 25.0 Å². The molecule has 5 nitrogen and oxygen atoms in total. The minimum absolute atomic E-state index is 0.198. The summed E-state index contributed by atoms with van der Waals surface area (Å²) in [5.41, 5.74) is 1.92. The van der Waals surface area contributed by atoms with Crippen molar-refractivity contribution in [2.45, 2.75) is 32.9 Å². The molecule has 2 amide bonds. The summed E-state index contributed by atoms with van der Waals surface area (Å²) in [4.78, 5) is 26.5. The van der Waals surface area contributed by atoms with Gasteiger partial charge in [0.25, 0.3) is 5.91 Å². The zero-order chi connectivity index (χ0) is 21.6. The van der Waals surface area contributed by atoms with Crippen molar-refractivity contribution in [3.63, 3.8) is 0 Å². The number of nitrogens with one attached hydrogen (secondary N) is 1. The number of halogens is 3. The number of carbonyl (C=O) groups excluding carboxylic acids is 2. The van der Waals surface area contributed by atoms with E-state index in [4.69, 9.17) is 27.9 Å². The summed E-state index contributed by atoms with van der Waals surface area (Å²) in [7, 11) is 1.53. The summed E-state index contributed by atoms with van der Waals surface area (Å²) < 4.78 is 6.48. The van der Waals surface area contributed by atoms with Crippen molar-refractivity contribution in [1.82, 2.24) is 10.2 Å². The molecule has 0 aliphatic carbocycles. The van der Waals surface area contributed by atoms with Crippen LogP contribution in [0.15, 0.2) is 40.9 Å². The van der Waals surface area contributed by atoms with E-state index in [9.17, 15) is 9.59 Å². The van der Waals surface area contributed by atoms with E-state index in [2.05, 4.69) is 28.2 Å². The van der Waals surface area contributed by atoms with E-state index in [1.54, 1.807) is 25.1 Å². The minimum atomic E-state index is -0.684. The van der Waals surface area contributed by atoms with Crippen molar-refractivity contribution in [1.29, 1.82) is 0 Å². The highest BCUT2D eigenvalue weighted by Gasteiger charge is 2.26. The Kier molecular flexibility index (Phi) is 8.80. The number of rotatable bonds is 8. The number of likely N-dealkylation sites (N-methyl/N-ethyl adjacent to an activating group) is 1. The average molecular weight is 502 g/mol. The van der Waals surface area contributed by atoms with Crippen molar-refractivity contribution in [3.8, 4) is 5.75 Å². The second-order valence-corrected chi connectivity index (χ2v) is 8.14. The Balaban J connectivity index is 2.17. The van der Waals surface area contributed by atoms with E-state index in [1.807, 2.05) is 18.2 Å². The van der Waals surface area contributed by atoms with Gasteiger partial charge in [-0.2, -0.15) is 0 Å². The highest BCUT2D eigenvalue weighted by Crippen LogP contribution is 2.27. The van der Waals surface area contributed by atoms with E-state index < -0.39 is 6.04 Å². The monoisotopic (exact) mass is 500 g/mol. The van der Waals surface area contributed by atoms with Crippen LogP contribution < -0.4 is 10.1 Å². The lowest BCUT2D eigenvalue weighted by Crippen LogP contribution is -2.48. The fraction of sp³-hybridized carbons (Fsp3) is 0.333. The van der Waals surface area contributed by atoms with Crippen LogP contribution in [0.5, 0.6) is 5.75 Å². The lowest BCUT2D eigenvalue weighted by atomic mass is 10.1. The second kappa shape index (κ2) is 10.9. The van der Waals surface area contributed by atoms with Gasteiger partial charge in [-0.15, -0.1) is 0 Å². The van der Waals surface area contributed by atoms with Gasteiger partial charge >= 0.3 is 0 Å². The number of ether oxygens (including phenoxy) is 1. The minimum Gasteiger partial charge on any atom is -0.483 e. The first-order valence-electron chi connectivity index (χ1n) is 9.13. The van der Waals surface area contributed by atoms with Crippen molar-refractivity contribution in [2.24, 2.45) is 0 Å². The van der Waals surface area contributed by atoms with Crippen LogP contribution in [0.25, 0.3) is 0 Å². The average Bonchev–Trinajstić information content (AvgIpc) is 2.72. The highest BCUT2D eigenvalue weighted by molar-refractivity contribution is 9.10. The van der Waals surface area contributed by atoms with Crippen LogP contribution in [0, 0.1) is 0 Å². The van der Waals surface area contributed by atoms with Crippen molar-refractivity contribution >= 4 is 50.9 Å². The van der Waals surface area contributed by atoms with Crippen LogP contribution in [-0.4, -0.2) is 36.4 Å². The molecule has 0 heterocycles. The van der Waals surface area contributed by atoms with Gasteiger partial charge in [0.15, 0.2) is 6.61 Å². The molecule has 0 unspecified atom stereocenters. The van der Waals surface area contributed by atoms with Crippen molar-refractivity contribution in [2.75, 3.05) is 13.7 Å². The molecule has 2 aromatic carbocycles. The van der Waals surface area contributed by atoms with Gasteiger partial charge in [0.2, 0.25) is 5.91 Å². The Morgan fingerprint density at radius 2 is 1.83 bits per heavy atom. The third kappa shape index (κ3) is 6.36. The van der Waals surface area contributed by atoms with Crippen LogP contribution in [0.3, 0.4) is 0 Å². The number of aryl methyl sites for hydroxylation is 1. The van der Waals surface area contributed by atoms with Gasteiger partial charge in [0.05, 0.1) is 14.5 Å². The van der Waals surface area contributed by atoms with E-state index in [1.165, 1.54) is 11.9 Å². The highest BCUT2D eigenvalue weighted by atomic mass is 79.9. The molecule has 1 N–H and O–H groups in total. The van der Waals surface area contributed by atoms with Gasteiger partial charge in [-0.25, -0.2) is 0 Å². The number of amides is 2. The molecule has 156 valence electrons. The lowest BCUT2D eigenvalue weighted by molar-refractivity contribution is -0.142. The number of hydrogen-bond donors (Lipinski definition) is 1. The molecule has 0 saturated heterocycles. The maximum absolute atomic E-state index is 12.9.